The average molecular weight is 435 g/mol. The highest BCUT2D eigenvalue weighted by Crippen LogP contribution is 2.33. The number of rotatable bonds is 8. The molecule has 0 saturated carbocycles. The van der Waals surface area contributed by atoms with Gasteiger partial charge in [0.1, 0.15) is 6.61 Å². The molecule has 0 N–H and O–H groups in total. The predicted molar refractivity (Wildman–Crippen MR) is 110 cm³/mol. The topological polar surface area (TPSA) is 29.5 Å². The lowest BCUT2D eigenvalue weighted by Crippen LogP contribution is -2.35. The fourth-order valence-electron chi connectivity index (χ4n) is 2.62. The van der Waals surface area contributed by atoms with E-state index in [4.69, 9.17) is 16.3 Å². The number of benzene rings is 2. The van der Waals surface area contributed by atoms with Crippen molar-refractivity contribution in [3.05, 3.63) is 94.5 Å². The Kier molecular flexibility index (Phi) is 7.95. The van der Waals surface area contributed by atoms with Gasteiger partial charge >= 0.3 is 6.09 Å². The van der Waals surface area contributed by atoms with Gasteiger partial charge in [0.25, 0.3) is 0 Å². The second kappa shape index (κ2) is 10.2. The molecule has 26 heavy (non-hydrogen) atoms. The van der Waals surface area contributed by atoms with E-state index in [1.807, 2.05) is 42.5 Å². The van der Waals surface area contributed by atoms with E-state index in [1.165, 1.54) is 0 Å². The molecule has 0 aliphatic rings. The fraction of sp³-hybridized carbons (Fsp3) is 0.190. The highest BCUT2D eigenvalue weighted by molar-refractivity contribution is 9.10. The SMILES string of the molecule is C=CC[C@H](c1cc(Cl)ccc1Br)N(CC=C)C(=O)OCc1ccccc1. The lowest BCUT2D eigenvalue weighted by Gasteiger charge is -2.30. The molecule has 0 aliphatic heterocycles. The van der Waals surface area contributed by atoms with Crippen LogP contribution in [0.25, 0.3) is 0 Å². The maximum atomic E-state index is 12.8. The maximum absolute atomic E-state index is 12.8. The van der Waals surface area contributed by atoms with Crippen LogP contribution in [0.4, 0.5) is 4.79 Å². The van der Waals surface area contributed by atoms with E-state index in [1.54, 1.807) is 23.1 Å². The molecule has 2 rings (SSSR count). The Hall–Kier alpha value is -2.04. The van der Waals surface area contributed by atoms with Crippen molar-refractivity contribution in [2.24, 2.45) is 0 Å². The number of amides is 1. The summed E-state index contributed by atoms with van der Waals surface area (Å²) in [6.07, 6.45) is 3.61. The molecule has 0 radical (unpaired) electrons. The van der Waals surface area contributed by atoms with E-state index < -0.39 is 6.09 Å². The maximum Gasteiger partial charge on any atom is 0.410 e. The van der Waals surface area contributed by atoms with Crippen LogP contribution >= 0.6 is 27.5 Å². The van der Waals surface area contributed by atoms with Gasteiger partial charge in [-0.2, -0.15) is 0 Å². The number of carbonyl (C=O) groups excluding carboxylic acids is 1. The molecule has 0 bridgehead atoms. The minimum atomic E-state index is -0.410. The van der Waals surface area contributed by atoms with Gasteiger partial charge in [-0.15, -0.1) is 13.2 Å². The van der Waals surface area contributed by atoms with Gasteiger partial charge in [0.05, 0.1) is 6.04 Å². The van der Waals surface area contributed by atoms with Crippen molar-refractivity contribution in [1.29, 1.82) is 0 Å². The van der Waals surface area contributed by atoms with Gasteiger partial charge in [-0.3, -0.25) is 4.90 Å². The first-order chi connectivity index (χ1) is 12.6. The number of hydrogen-bond donors (Lipinski definition) is 0. The van der Waals surface area contributed by atoms with Crippen molar-refractivity contribution in [1.82, 2.24) is 4.90 Å². The second-order valence-corrected chi connectivity index (χ2v) is 6.98. The van der Waals surface area contributed by atoms with Gasteiger partial charge in [0.2, 0.25) is 0 Å². The van der Waals surface area contributed by atoms with E-state index >= 15 is 0 Å². The Balaban J connectivity index is 2.25. The smallest absolute Gasteiger partial charge is 0.410 e. The van der Waals surface area contributed by atoms with Crippen molar-refractivity contribution in [2.45, 2.75) is 19.1 Å². The summed E-state index contributed by atoms with van der Waals surface area (Å²) in [5.41, 5.74) is 1.83. The van der Waals surface area contributed by atoms with Gasteiger partial charge < -0.3 is 4.74 Å². The van der Waals surface area contributed by atoms with Crippen LogP contribution in [0.1, 0.15) is 23.6 Å². The van der Waals surface area contributed by atoms with Crippen LogP contribution in [0, 0.1) is 0 Å². The molecule has 136 valence electrons. The summed E-state index contributed by atoms with van der Waals surface area (Å²) in [6.45, 7) is 8.15. The molecule has 0 unspecified atom stereocenters. The number of hydrogen-bond acceptors (Lipinski definition) is 2. The first-order valence-electron chi connectivity index (χ1n) is 8.21. The van der Waals surface area contributed by atoms with Crippen LogP contribution < -0.4 is 0 Å². The molecular weight excluding hydrogens is 414 g/mol. The van der Waals surface area contributed by atoms with Crippen molar-refractivity contribution in [3.63, 3.8) is 0 Å². The summed E-state index contributed by atoms with van der Waals surface area (Å²) < 4.78 is 6.39. The van der Waals surface area contributed by atoms with E-state index in [9.17, 15) is 4.79 Å². The van der Waals surface area contributed by atoms with Crippen molar-refractivity contribution >= 4 is 33.6 Å². The summed E-state index contributed by atoms with van der Waals surface area (Å²) in [6, 6.07) is 14.8. The third kappa shape index (κ3) is 5.48. The molecule has 0 saturated heterocycles. The largest absolute Gasteiger partial charge is 0.445 e. The van der Waals surface area contributed by atoms with Crippen LogP contribution in [0.15, 0.2) is 78.3 Å². The molecular formula is C21H21BrClNO2. The van der Waals surface area contributed by atoms with Gasteiger partial charge in [0.15, 0.2) is 0 Å². The van der Waals surface area contributed by atoms with Gasteiger partial charge in [0, 0.05) is 16.0 Å². The number of halogens is 2. The normalized spacial score (nSPS) is 11.5. The Morgan fingerprint density at radius 3 is 2.58 bits per heavy atom. The molecule has 1 atom stereocenters. The predicted octanol–water partition coefficient (Wildman–Crippen LogP) is 6.54. The Bertz CT molecular complexity index is 764. The minimum Gasteiger partial charge on any atom is -0.445 e. The first-order valence-corrected chi connectivity index (χ1v) is 9.38. The summed E-state index contributed by atoms with van der Waals surface area (Å²) >= 11 is 9.71. The Morgan fingerprint density at radius 1 is 1.19 bits per heavy atom. The zero-order valence-corrected chi connectivity index (χ0v) is 16.7. The highest BCUT2D eigenvalue weighted by atomic mass is 79.9. The third-order valence-electron chi connectivity index (χ3n) is 3.85. The van der Waals surface area contributed by atoms with Crippen LogP contribution in [-0.4, -0.2) is 17.5 Å². The quantitative estimate of drug-likeness (QED) is 0.441. The van der Waals surface area contributed by atoms with Crippen LogP contribution in [-0.2, 0) is 11.3 Å². The fourth-order valence-corrected chi connectivity index (χ4v) is 3.31. The third-order valence-corrected chi connectivity index (χ3v) is 4.81. The highest BCUT2D eigenvalue weighted by Gasteiger charge is 2.26. The lowest BCUT2D eigenvalue weighted by atomic mass is 10.0. The van der Waals surface area contributed by atoms with Crippen molar-refractivity contribution < 1.29 is 9.53 Å². The standard InChI is InChI=1S/C21H21BrClNO2/c1-3-8-20(18-14-17(23)11-12-19(18)22)24(13-4-2)21(25)26-15-16-9-6-5-7-10-16/h3-7,9-12,14,20H,1-2,8,13,15H2/t20-/m1/s1. The van der Waals surface area contributed by atoms with E-state index in [0.717, 1.165) is 15.6 Å². The summed E-state index contributed by atoms with van der Waals surface area (Å²) in [4.78, 5) is 14.4. The molecule has 2 aromatic carbocycles. The Labute approximate surface area is 168 Å². The van der Waals surface area contributed by atoms with Crippen molar-refractivity contribution in [2.75, 3.05) is 6.54 Å². The van der Waals surface area contributed by atoms with Crippen molar-refractivity contribution in [3.8, 4) is 0 Å². The second-order valence-electron chi connectivity index (χ2n) is 5.69. The van der Waals surface area contributed by atoms with Crippen LogP contribution in [0.5, 0.6) is 0 Å². The van der Waals surface area contributed by atoms with Gasteiger partial charge in [-0.1, -0.05) is 70.0 Å². The molecule has 0 fully saturated rings. The number of nitrogens with zero attached hydrogens (tertiary/aromatic N) is 1. The first kappa shape index (κ1) is 20.3. The van der Waals surface area contributed by atoms with Crippen LogP contribution in [0.3, 0.4) is 0 Å². The zero-order chi connectivity index (χ0) is 18.9. The lowest BCUT2D eigenvalue weighted by molar-refractivity contribution is 0.0851. The molecule has 1 amide bonds. The summed E-state index contributed by atoms with van der Waals surface area (Å²) in [5.74, 6) is 0. The molecule has 5 heteroatoms. The molecule has 0 spiro atoms. The Morgan fingerprint density at radius 2 is 1.92 bits per heavy atom. The summed E-state index contributed by atoms with van der Waals surface area (Å²) in [5, 5.41) is 0.605. The monoisotopic (exact) mass is 433 g/mol. The van der Waals surface area contributed by atoms with Crippen LogP contribution in [0.2, 0.25) is 5.02 Å². The molecule has 3 nitrogen and oxygen atoms in total. The number of carbonyl (C=O) groups is 1. The van der Waals surface area contributed by atoms with Gasteiger partial charge in [-0.05, 0) is 35.7 Å². The molecule has 0 aromatic heterocycles. The number of ether oxygens (including phenoxy) is 1. The molecule has 2 aromatic rings. The molecule has 0 aliphatic carbocycles. The minimum absolute atomic E-state index is 0.213. The van der Waals surface area contributed by atoms with E-state index in [-0.39, 0.29) is 12.6 Å². The molecule has 0 heterocycles. The zero-order valence-electron chi connectivity index (χ0n) is 14.4. The van der Waals surface area contributed by atoms with E-state index in [2.05, 4.69) is 29.1 Å². The van der Waals surface area contributed by atoms with E-state index in [0.29, 0.717) is 18.0 Å². The average Bonchev–Trinajstić information content (AvgIpc) is 2.65. The summed E-state index contributed by atoms with van der Waals surface area (Å²) in [7, 11) is 0. The van der Waals surface area contributed by atoms with Gasteiger partial charge in [-0.25, -0.2) is 4.79 Å².